The molecule has 0 radical (unpaired) electrons. The fraction of sp³-hybridized carbons (Fsp3) is 0.438. The monoisotopic (exact) mass is 290 g/mol. The highest BCUT2D eigenvalue weighted by Crippen LogP contribution is 2.28. The molecule has 4 heteroatoms. The smallest absolute Gasteiger partial charge is 0.124 e. The van der Waals surface area contributed by atoms with Gasteiger partial charge in [0, 0.05) is 25.0 Å². The molecule has 0 bridgehead atoms. The summed E-state index contributed by atoms with van der Waals surface area (Å²) >= 11 is 1.66. The second-order valence-electron chi connectivity index (χ2n) is 5.31. The van der Waals surface area contributed by atoms with Gasteiger partial charge in [0.1, 0.15) is 10.6 Å². The molecule has 2 rings (SSSR count). The van der Waals surface area contributed by atoms with Gasteiger partial charge < -0.3 is 10.1 Å². The van der Waals surface area contributed by atoms with Crippen LogP contribution in [0.4, 0.5) is 0 Å². The van der Waals surface area contributed by atoms with E-state index in [1.54, 1.807) is 18.4 Å². The maximum absolute atomic E-state index is 5.49. The number of methoxy groups -OCH3 is 1. The summed E-state index contributed by atoms with van der Waals surface area (Å²) in [6, 6.07) is 10.8. The average molecular weight is 290 g/mol. The Morgan fingerprint density at radius 2 is 2.00 bits per heavy atom. The Kier molecular flexibility index (Phi) is 4.91. The molecule has 1 N–H and O–H groups in total. The number of hydrogen-bond acceptors (Lipinski definition) is 4. The molecule has 0 saturated heterocycles. The Morgan fingerprint density at radius 3 is 2.60 bits per heavy atom. The number of hydrogen-bond donors (Lipinski definition) is 1. The van der Waals surface area contributed by atoms with Crippen molar-refractivity contribution < 1.29 is 4.74 Å². The first-order valence-electron chi connectivity index (χ1n) is 6.79. The van der Waals surface area contributed by atoms with E-state index in [0.717, 1.165) is 17.1 Å². The zero-order chi connectivity index (χ0) is 14.6. The SMILES string of the molecule is CNC(Cc1csc(C(C)(C)OC)n1)c1ccccc1. The van der Waals surface area contributed by atoms with Gasteiger partial charge in [-0.2, -0.15) is 0 Å². The van der Waals surface area contributed by atoms with Crippen molar-refractivity contribution in [2.75, 3.05) is 14.2 Å². The first-order chi connectivity index (χ1) is 9.56. The third kappa shape index (κ3) is 3.45. The molecule has 0 aliphatic heterocycles. The van der Waals surface area contributed by atoms with E-state index >= 15 is 0 Å². The minimum Gasteiger partial charge on any atom is -0.372 e. The van der Waals surface area contributed by atoms with Gasteiger partial charge in [-0.25, -0.2) is 4.98 Å². The van der Waals surface area contributed by atoms with Gasteiger partial charge in [-0.1, -0.05) is 30.3 Å². The van der Waals surface area contributed by atoms with Crippen molar-refractivity contribution in [3.63, 3.8) is 0 Å². The lowest BCUT2D eigenvalue weighted by Crippen LogP contribution is -2.20. The molecule has 3 nitrogen and oxygen atoms in total. The van der Waals surface area contributed by atoms with Crippen molar-refractivity contribution in [1.82, 2.24) is 10.3 Å². The Balaban J connectivity index is 2.13. The molecular formula is C16H22N2OS. The highest BCUT2D eigenvalue weighted by molar-refractivity contribution is 7.09. The molecule has 1 unspecified atom stereocenters. The first-order valence-corrected chi connectivity index (χ1v) is 7.67. The molecule has 1 aromatic carbocycles. The topological polar surface area (TPSA) is 34.1 Å². The maximum atomic E-state index is 5.49. The molecule has 1 atom stereocenters. The zero-order valence-corrected chi connectivity index (χ0v) is 13.3. The molecule has 0 saturated carbocycles. The van der Waals surface area contributed by atoms with E-state index in [0.29, 0.717) is 0 Å². The van der Waals surface area contributed by atoms with Crippen LogP contribution in [0.1, 0.15) is 36.2 Å². The number of nitrogens with zero attached hydrogens (tertiary/aromatic N) is 1. The molecule has 108 valence electrons. The predicted octanol–water partition coefficient (Wildman–Crippen LogP) is 3.53. The van der Waals surface area contributed by atoms with Gasteiger partial charge >= 0.3 is 0 Å². The number of benzene rings is 1. The van der Waals surface area contributed by atoms with Crippen LogP contribution in [0.25, 0.3) is 0 Å². The van der Waals surface area contributed by atoms with Crippen molar-refractivity contribution >= 4 is 11.3 Å². The summed E-state index contributed by atoms with van der Waals surface area (Å²) in [6.45, 7) is 4.09. The summed E-state index contributed by atoms with van der Waals surface area (Å²) in [4.78, 5) is 4.72. The van der Waals surface area contributed by atoms with Crippen LogP contribution in [-0.4, -0.2) is 19.1 Å². The van der Waals surface area contributed by atoms with Crippen molar-refractivity contribution in [3.05, 3.63) is 52.0 Å². The molecule has 1 aromatic heterocycles. The number of rotatable bonds is 6. The normalized spacial score (nSPS) is 13.4. The Morgan fingerprint density at radius 1 is 1.30 bits per heavy atom. The van der Waals surface area contributed by atoms with E-state index in [2.05, 4.69) is 35.0 Å². The maximum Gasteiger partial charge on any atom is 0.124 e. The predicted molar refractivity (Wildman–Crippen MR) is 84.1 cm³/mol. The van der Waals surface area contributed by atoms with Crippen LogP contribution < -0.4 is 5.32 Å². The minimum absolute atomic E-state index is 0.289. The van der Waals surface area contributed by atoms with E-state index in [9.17, 15) is 0 Å². The lowest BCUT2D eigenvalue weighted by Gasteiger charge is -2.19. The highest BCUT2D eigenvalue weighted by atomic mass is 32.1. The quantitative estimate of drug-likeness (QED) is 0.883. The summed E-state index contributed by atoms with van der Waals surface area (Å²) in [6.07, 6.45) is 0.886. The molecule has 20 heavy (non-hydrogen) atoms. The van der Waals surface area contributed by atoms with Crippen LogP contribution >= 0.6 is 11.3 Å². The van der Waals surface area contributed by atoms with Gasteiger partial charge in [0.15, 0.2) is 0 Å². The van der Waals surface area contributed by atoms with Crippen molar-refractivity contribution in [2.24, 2.45) is 0 Å². The van der Waals surface area contributed by atoms with Crippen LogP contribution in [0.5, 0.6) is 0 Å². The van der Waals surface area contributed by atoms with Crippen LogP contribution in [0.2, 0.25) is 0 Å². The fourth-order valence-corrected chi connectivity index (χ4v) is 2.98. The van der Waals surface area contributed by atoms with E-state index in [1.807, 2.05) is 27.0 Å². The molecule has 0 aliphatic carbocycles. The fourth-order valence-electron chi connectivity index (χ4n) is 2.05. The average Bonchev–Trinajstić information content (AvgIpc) is 2.95. The van der Waals surface area contributed by atoms with Crippen LogP contribution in [0.15, 0.2) is 35.7 Å². The minimum atomic E-state index is -0.315. The van der Waals surface area contributed by atoms with E-state index in [4.69, 9.17) is 9.72 Å². The number of aromatic nitrogens is 1. The van der Waals surface area contributed by atoms with Gasteiger partial charge in [-0.05, 0) is 26.5 Å². The number of ether oxygens (including phenoxy) is 1. The van der Waals surface area contributed by atoms with Crippen molar-refractivity contribution in [1.29, 1.82) is 0 Å². The number of nitrogens with one attached hydrogen (secondary N) is 1. The summed E-state index contributed by atoms with van der Waals surface area (Å²) in [5.41, 5.74) is 2.08. The summed E-state index contributed by atoms with van der Waals surface area (Å²) in [7, 11) is 3.71. The Hall–Kier alpha value is -1.23. The van der Waals surface area contributed by atoms with E-state index in [-0.39, 0.29) is 11.6 Å². The van der Waals surface area contributed by atoms with E-state index < -0.39 is 0 Å². The van der Waals surface area contributed by atoms with Crippen LogP contribution in [-0.2, 0) is 16.8 Å². The summed E-state index contributed by atoms with van der Waals surface area (Å²) < 4.78 is 5.49. The number of likely N-dealkylation sites (N-methyl/N-ethyl adjacent to an activating group) is 1. The molecule has 0 aliphatic rings. The molecule has 1 heterocycles. The van der Waals surface area contributed by atoms with Crippen molar-refractivity contribution in [3.8, 4) is 0 Å². The Labute approximate surface area is 125 Å². The standard InChI is InChI=1S/C16H22N2OS/c1-16(2,19-4)15-18-13(11-20-15)10-14(17-3)12-8-6-5-7-9-12/h5-9,11,14,17H,10H2,1-4H3. The van der Waals surface area contributed by atoms with Gasteiger partial charge in [-0.15, -0.1) is 11.3 Å². The summed E-state index contributed by atoms with van der Waals surface area (Å²) in [5.74, 6) is 0. The third-order valence-electron chi connectivity index (χ3n) is 3.54. The van der Waals surface area contributed by atoms with Crippen molar-refractivity contribution in [2.45, 2.75) is 31.9 Å². The van der Waals surface area contributed by atoms with Gasteiger partial charge in [0.2, 0.25) is 0 Å². The second kappa shape index (κ2) is 6.48. The molecule has 2 aromatic rings. The molecule has 0 fully saturated rings. The lowest BCUT2D eigenvalue weighted by atomic mass is 10.0. The largest absolute Gasteiger partial charge is 0.372 e. The lowest BCUT2D eigenvalue weighted by molar-refractivity contribution is 0.0189. The van der Waals surface area contributed by atoms with Gasteiger partial charge in [-0.3, -0.25) is 0 Å². The van der Waals surface area contributed by atoms with Crippen LogP contribution in [0.3, 0.4) is 0 Å². The summed E-state index contributed by atoms with van der Waals surface area (Å²) in [5, 5.41) is 6.52. The second-order valence-corrected chi connectivity index (χ2v) is 6.17. The van der Waals surface area contributed by atoms with Gasteiger partial charge in [0.25, 0.3) is 0 Å². The molecule has 0 spiro atoms. The number of thiazole rings is 1. The van der Waals surface area contributed by atoms with Crippen LogP contribution in [0, 0.1) is 0 Å². The molecular weight excluding hydrogens is 268 g/mol. The third-order valence-corrected chi connectivity index (χ3v) is 4.74. The molecule has 0 amide bonds. The highest BCUT2D eigenvalue weighted by Gasteiger charge is 2.24. The zero-order valence-electron chi connectivity index (χ0n) is 12.5. The first kappa shape index (κ1) is 15.2. The van der Waals surface area contributed by atoms with E-state index in [1.165, 1.54) is 5.56 Å². The van der Waals surface area contributed by atoms with Gasteiger partial charge in [0.05, 0.1) is 5.69 Å². The Bertz CT molecular complexity index is 536.